The van der Waals surface area contributed by atoms with E-state index in [4.69, 9.17) is 4.74 Å². The number of ether oxygens (including phenoxy) is 1. The van der Waals surface area contributed by atoms with Crippen LogP contribution in [0.25, 0.3) is 0 Å². The third-order valence-corrected chi connectivity index (χ3v) is 3.38. The first-order valence-corrected chi connectivity index (χ1v) is 6.83. The van der Waals surface area contributed by atoms with Gasteiger partial charge in [0.1, 0.15) is 5.82 Å². The lowest BCUT2D eigenvalue weighted by Crippen LogP contribution is -2.41. The van der Waals surface area contributed by atoms with Gasteiger partial charge in [0, 0.05) is 7.11 Å². The van der Waals surface area contributed by atoms with Crippen LogP contribution in [0.15, 0.2) is 18.2 Å². The van der Waals surface area contributed by atoms with E-state index in [1.807, 2.05) is 12.1 Å². The van der Waals surface area contributed by atoms with Crippen LogP contribution in [0.1, 0.15) is 44.9 Å². The van der Waals surface area contributed by atoms with Crippen molar-refractivity contribution < 1.29 is 9.13 Å². The summed E-state index contributed by atoms with van der Waals surface area (Å²) < 4.78 is 19.1. The van der Waals surface area contributed by atoms with E-state index in [-0.39, 0.29) is 23.4 Å². The number of hydrogen-bond acceptors (Lipinski definition) is 2. The van der Waals surface area contributed by atoms with E-state index in [1.54, 1.807) is 14.0 Å². The predicted molar refractivity (Wildman–Crippen MR) is 77.8 cm³/mol. The minimum Gasteiger partial charge on any atom is -0.379 e. The summed E-state index contributed by atoms with van der Waals surface area (Å²) in [5, 5.41) is 3.46. The molecule has 2 unspecified atom stereocenters. The first-order chi connectivity index (χ1) is 8.81. The molecule has 0 aliphatic carbocycles. The van der Waals surface area contributed by atoms with Gasteiger partial charge < -0.3 is 10.1 Å². The van der Waals surface area contributed by atoms with E-state index in [0.29, 0.717) is 5.56 Å². The molecule has 0 saturated heterocycles. The Morgan fingerprint density at radius 3 is 2.37 bits per heavy atom. The summed E-state index contributed by atoms with van der Waals surface area (Å²) in [6.45, 7) is 11.2. The summed E-state index contributed by atoms with van der Waals surface area (Å²) in [6.07, 6.45) is 0.0253. The first-order valence-electron chi connectivity index (χ1n) is 6.83. The maximum atomic E-state index is 13.4. The molecule has 0 fully saturated rings. The maximum Gasteiger partial charge on any atom is 0.126 e. The van der Waals surface area contributed by atoms with Crippen molar-refractivity contribution in [2.45, 2.75) is 46.8 Å². The summed E-state index contributed by atoms with van der Waals surface area (Å²) in [5.41, 5.74) is 1.75. The summed E-state index contributed by atoms with van der Waals surface area (Å²) in [5.74, 6) is -0.163. The smallest absolute Gasteiger partial charge is 0.126 e. The molecule has 1 aromatic rings. The zero-order valence-corrected chi connectivity index (χ0v) is 12.9. The highest BCUT2D eigenvalue weighted by atomic mass is 19.1. The molecule has 0 saturated carbocycles. The van der Waals surface area contributed by atoms with Crippen molar-refractivity contribution in [2.75, 3.05) is 13.7 Å². The largest absolute Gasteiger partial charge is 0.379 e. The Morgan fingerprint density at radius 1 is 1.32 bits per heavy atom. The molecule has 1 N–H and O–H groups in total. The van der Waals surface area contributed by atoms with Gasteiger partial charge in [-0.25, -0.2) is 4.39 Å². The summed E-state index contributed by atoms with van der Waals surface area (Å²) >= 11 is 0. The number of halogens is 1. The van der Waals surface area contributed by atoms with Crippen LogP contribution in [-0.2, 0) is 4.74 Å². The van der Waals surface area contributed by atoms with Crippen molar-refractivity contribution in [3.63, 3.8) is 0 Å². The van der Waals surface area contributed by atoms with Gasteiger partial charge in [-0.1, -0.05) is 39.8 Å². The van der Waals surface area contributed by atoms with Crippen molar-refractivity contribution in [3.8, 4) is 0 Å². The lowest BCUT2D eigenvalue weighted by molar-refractivity contribution is -0.0116. The Morgan fingerprint density at radius 2 is 1.95 bits per heavy atom. The molecule has 0 spiro atoms. The number of likely N-dealkylation sites (N-methyl/N-ethyl adjacent to an activating group) is 1. The van der Waals surface area contributed by atoms with E-state index in [2.05, 4.69) is 33.0 Å². The summed E-state index contributed by atoms with van der Waals surface area (Å²) in [7, 11) is 1.73. The lowest BCUT2D eigenvalue weighted by atomic mass is 9.81. The van der Waals surface area contributed by atoms with Crippen LogP contribution in [0.5, 0.6) is 0 Å². The van der Waals surface area contributed by atoms with Crippen LogP contribution in [0.2, 0.25) is 0 Å². The molecule has 0 heterocycles. The quantitative estimate of drug-likeness (QED) is 0.875. The monoisotopic (exact) mass is 267 g/mol. The number of benzene rings is 1. The van der Waals surface area contributed by atoms with Crippen molar-refractivity contribution in [1.29, 1.82) is 0 Å². The Kier molecular flexibility index (Phi) is 5.50. The van der Waals surface area contributed by atoms with Crippen molar-refractivity contribution in [2.24, 2.45) is 5.41 Å². The molecule has 2 nitrogen and oxygen atoms in total. The highest BCUT2D eigenvalue weighted by Crippen LogP contribution is 2.33. The van der Waals surface area contributed by atoms with E-state index < -0.39 is 0 Å². The van der Waals surface area contributed by atoms with Crippen molar-refractivity contribution in [1.82, 2.24) is 5.32 Å². The van der Waals surface area contributed by atoms with Crippen molar-refractivity contribution >= 4 is 0 Å². The fourth-order valence-corrected chi connectivity index (χ4v) is 2.47. The van der Waals surface area contributed by atoms with Gasteiger partial charge in [0.15, 0.2) is 0 Å². The van der Waals surface area contributed by atoms with Crippen LogP contribution in [0.4, 0.5) is 4.39 Å². The molecule has 108 valence electrons. The highest BCUT2D eigenvalue weighted by molar-refractivity contribution is 5.27. The lowest BCUT2D eigenvalue weighted by Gasteiger charge is -2.36. The molecule has 0 aliphatic rings. The molecule has 0 bridgehead atoms. The van der Waals surface area contributed by atoms with Crippen LogP contribution in [0.3, 0.4) is 0 Å². The summed E-state index contributed by atoms with van der Waals surface area (Å²) in [6, 6.07) is 5.34. The van der Waals surface area contributed by atoms with Crippen LogP contribution in [0, 0.1) is 18.2 Å². The van der Waals surface area contributed by atoms with Gasteiger partial charge in [-0.15, -0.1) is 0 Å². The number of methoxy groups -OCH3 is 1. The summed E-state index contributed by atoms with van der Waals surface area (Å²) in [4.78, 5) is 0. The van der Waals surface area contributed by atoms with Crippen LogP contribution < -0.4 is 5.32 Å². The van der Waals surface area contributed by atoms with E-state index >= 15 is 0 Å². The van der Waals surface area contributed by atoms with Crippen molar-refractivity contribution in [3.05, 3.63) is 35.1 Å². The molecule has 0 aromatic heterocycles. The zero-order valence-electron chi connectivity index (χ0n) is 12.9. The standard InChI is InChI=1S/C16H26FNO/c1-7-18-14(15(19-6)16(3,4)5)12-8-9-13(17)11(2)10-12/h8-10,14-15,18H,7H2,1-6H3. The SMILES string of the molecule is CCNC(c1ccc(F)c(C)c1)C(OC)C(C)(C)C. The van der Waals surface area contributed by atoms with Gasteiger partial charge in [-0.3, -0.25) is 0 Å². The van der Waals surface area contributed by atoms with Gasteiger partial charge in [0.05, 0.1) is 12.1 Å². The van der Waals surface area contributed by atoms with E-state index in [1.165, 1.54) is 6.07 Å². The molecular formula is C16H26FNO. The number of aryl methyl sites for hydroxylation is 1. The average molecular weight is 267 g/mol. The van der Waals surface area contributed by atoms with Gasteiger partial charge in [-0.2, -0.15) is 0 Å². The fourth-order valence-electron chi connectivity index (χ4n) is 2.47. The van der Waals surface area contributed by atoms with Gasteiger partial charge in [-0.05, 0) is 36.1 Å². The van der Waals surface area contributed by atoms with Gasteiger partial charge in [0.2, 0.25) is 0 Å². The predicted octanol–water partition coefficient (Wildman–Crippen LogP) is 3.85. The zero-order chi connectivity index (χ0) is 14.6. The molecule has 0 aliphatic heterocycles. The van der Waals surface area contributed by atoms with E-state index in [9.17, 15) is 4.39 Å². The van der Waals surface area contributed by atoms with Crippen LogP contribution >= 0.6 is 0 Å². The van der Waals surface area contributed by atoms with Gasteiger partial charge in [0.25, 0.3) is 0 Å². The number of rotatable bonds is 5. The minimum atomic E-state index is -0.163. The van der Waals surface area contributed by atoms with Gasteiger partial charge >= 0.3 is 0 Å². The molecule has 0 radical (unpaired) electrons. The highest BCUT2D eigenvalue weighted by Gasteiger charge is 2.33. The first kappa shape index (κ1) is 16.1. The molecule has 2 atom stereocenters. The van der Waals surface area contributed by atoms with E-state index in [0.717, 1.165) is 12.1 Å². The van der Waals surface area contributed by atoms with Crippen LogP contribution in [-0.4, -0.2) is 19.8 Å². The number of hydrogen-bond donors (Lipinski definition) is 1. The second-order valence-corrected chi connectivity index (χ2v) is 6.07. The topological polar surface area (TPSA) is 21.3 Å². The Hall–Kier alpha value is -0.930. The normalized spacial score (nSPS) is 15.3. The molecule has 3 heteroatoms. The minimum absolute atomic E-state index is 0.00385. The third kappa shape index (κ3) is 4.02. The Balaban J connectivity index is 3.14. The molecule has 0 amide bonds. The third-order valence-electron chi connectivity index (χ3n) is 3.38. The second kappa shape index (κ2) is 6.49. The molecule has 1 rings (SSSR count). The molecule has 1 aromatic carbocycles. The molecule has 19 heavy (non-hydrogen) atoms. The maximum absolute atomic E-state index is 13.4. The Bertz CT molecular complexity index is 412. The average Bonchev–Trinajstić information content (AvgIpc) is 2.31. The second-order valence-electron chi connectivity index (χ2n) is 6.07. The Labute approximate surface area is 116 Å². The number of nitrogens with one attached hydrogen (secondary N) is 1. The fraction of sp³-hybridized carbons (Fsp3) is 0.625. The molecular weight excluding hydrogens is 241 g/mol.